The third-order valence-electron chi connectivity index (χ3n) is 6.11. The standard InChI is InChI=1S/C24H27N4O6P/c1-32-20-11-18-19(12-21(20)33-2)26-24(27-7-9-34-10-8-27)22-23(18)28(15-25-22)13-16-3-5-17(6-4-16)14-35(29,30)31/h3-6,11-12,15H,7-10,13-14H2,1-2H3,(H2,29,30,31). The Balaban J connectivity index is 1.62. The summed E-state index contributed by atoms with van der Waals surface area (Å²) in [7, 11) is -0.904. The number of pyridine rings is 1. The van der Waals surface area contributed by atoms with Gasteiger partial charge in [0.25, 0.3) is 0 Å². The number of methoxy groups -OCH3 is 2. The second kappa shape index (κ2) is 9.47. The number of hydrogen-bond donors (Lipinski definition) is 2. The molecule has 0 aliphatic carbocycles. The quantitative estimate of drug-likeness (QED) is 0.370. The van der Waals surface area contributed by atoms with Crippen LogP contribution in [0.5, 0.6) is 11.5 Å². The van der Waals surface area contributed by atoms with Crippen molar-refractivity contribution in [2.75, 3.05) is 45.4 Å². The number of imidazole rings is 1. The molecule has 184 valence electrons. The van der Waals surface area contributed by atoms with Gasteiger partial charge < -0.3 is 33.5 Å². The van der Waals surface area contributed by atoms with Crippen LogP contribution >= 0.6 is 7.60 Å². The molecule has 0 atom stereocenters. The zero-order chi connectivity index (χ0) is 24.6. The van der Waals surface area contributed by atoms with Gasteiger partial charge in [-0.25, -0.2) is 9.97 Å². The molecular weight excluding hydrogens is 471 g/mol. The normalized spacial score (nSPS) is 14.6. The molecule has 1 saturated heterocycles. The van der Waals surface area contributed by atoms with Crippen LogP contribution in [0.3, 0.4) is 0 Å². The van der Waals surface area contributed by atoms with Crippen molar-refractivity contribution in [1.29, 1.82) is 0 Å². The lowest BCUT2D eigenvalue weighted by atomic mass is 10.1. The summed E-state index contributed by atoms with van der Waals surface area (Å²) in [5, 5.41) is 0.894. The van der Waals surface area contributed by atoms with Crippen molar-refractivity contribution in [2.24, 2.45) is 0 Å². The van der Waals surface area contributed by atoms with Crippen LogP contribution in [0.25, 0.3) is 21.9 Å². The maximum Gasteiger partial charge on any atom is 0.329 e. The van der Waals surface area contributed by atoms with Crippen LogP contribution < -0.4 is 14.4 Å². The number of fused-ring (bicyclic) bond motifs is 3. The average molecular weight is 498 g/mol. The summed E-state index contributed by atoms with van der Waals surface area (Å²) >= 11 is 0. The first-order valence-corrected chi connectivity index (χ1v) is 13.0. The predicted molar refractivity (Wildman–Crippen MR) is 132 cm³/mol. The van der Waals surface area contributed by atoms with Crippen LogP contribution in [0, 0.1) is 0 Å². The van der Waals surface area contributed by atoms with Gasteiger partial charge in [0, 0.05) is 31.1 Å². The van der Waals surface area contributed by atoms with Crippen molar-refractivity contribution in [3.8, 4) is 11.5 Å². The fourth-order valence-corrected chi connectivity index (χ4v) is 5.13. The Bertz CT molecular complexity index is 1410. The lowest BCUT2D eigenvalue weighted by Gasteiger charge is -2.28. The number of ether oxygens (including phenoxy) is 3. The van der Waals surface area contributed by atoms with E-state index in [9.17, 15) is 14.4 Å². The van der Waals surface area contributed by atoms with Crippen molar-refractivity contribution in [3.05, 3.63) is 53.9 Å². The van der Waals surface area contributed by atoms with Gasteiger partial charge in [-0.3, -0.25) is 4.57 Å². The SMILES string of the molecule is COc1cc2nc(N3CCOCC3)c3ncn(Cc4ccc(CP(=O)(O)O)cc4)c3c2cc1OC. The number of morpholine rings is 1. The highest BCUT2D eigenvalue weighted by atomic mass is 31.2. The monoisotopic (exact) mass is 498 g/mol. The van der Waals surface area contributed by atoms with Crippen LogP contribution in [-0.2, 0) is 22.0 Å². The van der Waals surface area contributed by atoms with Crippen LogP contribution in [0.2, 0.25) is 0 Å². The summed E-state index contributed by atoms with van der Waals surface area (Å²) in [6.07, 6.45) is 1.53. The Hall–Kier alpha value is -3.17. The topological polar surface area (TPSA) is 119 Å². The number of benzene rings is 2. The minimum absolute atomic E-state index is 0.276. The van der Waals surface area contributed by atoms with Gasteiger partial charge in [-0.1, -0.05) is 24.3 Å². The Kier molecular flexibility index (Phi) is 6.37. The maximum absolute atomic E-state index is 11.3. The van der Waals surface area contributed by atoms with E-state index in [1.807, 2.05) is 24.3 Å². The van der Waals surface area contributed by atoms with E-state index in [1.165, 1.54) is 0 Å². The molecule has 0 amide bonds. The molecule has 1 aliphatic rings. The minimum Gasteiger partial charge on any atom is -0.493 e. The van der Waals surface area contributed by atoms with Crippen molar-refractivity contribution in [3.63, 3.8) is 0 Å². The predicted octanol–water partition coefficient (Wildman–Crippen LogP) is 3.16. The van der Waals surface area contributed by atoms with Crippen LogP contribution in [0.15, 0.2) is 42.7 Å². The molecule has 4 aromatic rings. The number of nitrogens with zero attached hydrogens (tertiary/aromatic N) is 4. The fraction of sp³-hybridized carbons (Fsp3) is 0.333. The lowest BCUT2D eigenvalue weighted by molar-refractivity contribution is 0.122. The van der Waals surface area contributed by atoms with Gasteiger partial charge in [-0.15, -0.1) is 0 Å². The highest BCUT2D eigenvalue weighted by molar-refractivity contribution is 7.50. The van der Waals surface area contributed by atoms with Crippen molar-refractivity contribution >= 4 is 35.3 Å². The molecule has 5 rings (SSSR count). The summed E-state index contributed by atoms with van der Waals surface area (Å²) in [6.45, 7) is 3.26. The van der Waals surface area contributed by atoms with E-state index in [-0.39, 0.29) is 6.16 Å². The second-order valence-electron chi connectivity index (χ2n) is 8.47. The average Bonchev–Trinajstić information content (AvgIpc) is 3.27. The summed E-state index contributed by atoms with van der Waals surface area (Å²) in [5.74, 6) is 2.02. The van der Waals surface area contributed by atoms with E-state index >= 15 is 0 Å². The molecule has 1 fully saturated rings. The zero-order valence-electron chi connectivity index (χ0n) is 19.5. The summed E-state index contributed by atoms with van der Waals surface area (Å²) in [5.41, 5.74) is 4.08. The van der Waals surface area contributed by atoms with Gasteiger partial charge in [0.1, 0.15) is 5.52 Å². The summed E-state index contributed by atoms with van der Waals surface area (Å²) < 4.78 is 30.0. The van der Waals surface area contributed by atoms with E-state index in [0.29, 0.717) is 36.8 Å². The molecule has 11 heteroatoms. The Morgan fingerprint density at radius 1 is 1.03 bits per heavy atom. The van der Waals surface area contributed by atoms with Gasteiger partial charge in [-0.05, 0) is 17.2 Å². The molecule has 2 aromatic heterocycles. The molecule has 2 N–H and O–H groups in total. The fourth-order valence-electron chi connectivity index (χ4n) is 4.45. The first-order chi connectivity index (χ1) is 16.9. The van der Waals surface area contributed by atoms with E-state index < -0.39 is 7.60 Å². The van der Waals surface area contributed by atoms with Crippen molar-refractivity contribution < 1.29 is 28.6 Å². The molecule has 0 bridgehead atoms. The van der Waals surface area contributed by atoms with Gasteiger partial charge in [0.15, 0.2) is 17.3 Å². The number of aromatic nitrogens is 3. The van der Waals surface area contributed by atoms with Crippen LogP contribution in [0.1, 0.15) is 11.1 Å². The van der Waals surface area contributed by atoms with Crippen molar-refractivity contribution in [1.82, 2.24) is 14.5 Å². The summed E-state index contributed by atoms with van der Waals surface area (Å²) in [6, 6.07) is 11.1. The van der Waals surface area contributed by atoms with Gasteiger partial charge in [0.2, 0.25) is 0 Å². The molecule has 35 heavy (non-hydrogen) atoms. The smallest absolute Gasteiger partial charge is 0.329 e. The molecule has 0 radical (unpaired) electrons. The number of rotatable bonds is 7. The first kappa shape index (κ1) is 23.6. The number of anilines is 1. The van der Waals surface area contributed by atoms with Crippen LogP contribution in [0.4, 0.5) is 5.82 Å². The minimum atomic E-state index is -4.11. The molecule has 3 heterocycles. The Morgan fingerprint density at radius 2 is 1.69 bits per heavy atom. The second-order valence-corrected chi connectivity index (χ2v) is 10.1. The first-order valence-electron chi connectivity index (χ1n) is 11.2. The van der Waals surface area contributed by atoms with Gasteiger partial charge in [0.05, 0.1) is 51.0 Å². The molecule has 0 unspecified atom stereocenters. The zero-order valence-corrected chi connectivity index (χ0v) is 20.4. The van der Waals surface area contributed by atoms with Gasteiger partial charge in [-0.2, -0.15) is 0 Å². The van der Waals surface area contributed by atoms with Gasteiger partial charge >= 0.3 is 7.60 Å². The molecule has 1 aliphatic heterocycles. The summed E-state index contributed by atoms with van der Waals surface area (Å²) in [4.78, 5) is 30.4. The molecule has 0 saturated carbocycles. The highest BCUT2D eigenvalue weighted by Crippen LogP contribution is 2.39. The number of hydrogen-bond acceptors (Lipinski definition) is 7. The lowest BCUT2D eigenvalue weighted by Crippen LogP contribution is -2.37. The molecule has 2 aromatic carbocycles. The molecule has 10 nitrogen and oxygen atoms in total. The van der Waals surface area contributed by atoms with Crippen molar-refractivity contribution in [2.45, 2.75) is 12.7 Å². The third kappa shape index (κ3) is 4.83. The van der Waals surface area contributed by atoms with E-state index in [0.717, 1.165) is 46.4 Å². The van der Waals surface area contributed by atoms with Crippen LogP contribution in [-0.4, -0.2) is 64.8 Å². The third-order valence-corrected chi connectivity index (χ3v) is 6.89. The van der Waals surface area contributed by atoms with E-state index in [2.05, 4.69) is 9.47 Å². The highest BCUT2D eigenvalue weighted by Gasteiger charge is 2.22. The largest absolute Gasteiger partial charge is 0.493 e. The molecular formula is C24H27N4O6P. The Morgan fingerprint density at radius 3 is 2.34 bits per heavy atom. The maximum atomic E-state index is 11.3. The van der Waals surface area contributed by atoms with E-state index in [4.69, 9.17) is 24.2 Å². The van der Waals surface area contributed by atoms with E-state index in [1.54, 1.807) is 32.7 Å². The molecule has 0 spiro atoms. The Labute approximate surface area is 202 Å².